The largest absolute Gasteiger partial charge is 0.332 e. The number of halogens is 1. The normalized spacial score (nSPS) is 24.5. The first-order chi connectivity index (χ1) is 13.8. The SMILES string of the molecule is Cc1ccc2c(c1)C(=O)N(C)C21CCC(C(C)C(=O)Nc2ccc(Cl)cc2)CC1. The number of carbonyl (C=O) groups is 2. The second-order valence-electron chi connectivity index (χ2n) is 8.57. The topological polar surface area (TPSA) is 49.4 Å². The van der Waals surface area contributed by atoms with Crippen LogP contribution in [0.4, 0.5) is 5.69 Å². The van der Waals surface area contributed by atoms with E-state index in [1.807, 2.05) is 44.0 Å². The van der Waals surface area contributed by atoms with Crippen LogP contribution in [0, 0.1) is 18.8 Å². The summed E-state index contributed by atoms with van der Waals surface area (Å²) in [6.45, 7) is 4.03. The first kappa shape index (κ1) is 20.0. The molecule has 152 valence electrons. The average Bonchev–Trinajstić information content (AvgIpc) is 2.91. The van der Waals surface area contributed by atoms with Gasteiger partial charge in [-0.3, -0.25) is 9.59 Å². The molecule has 0 saturated heterocycles. The van der Waals surface area contributed by atoms with Crippen LogP contribution in [0.3, 0.4) is 0 Å². The van der Waals surface area contributed by atoms with Crippen LogP contribution in [0.1, 0.15) is 54.1 Å². The highest BCUT2D eigenvalue weighted by Crippen LogP contribution is 2.50. The molecule has 2 aromatic rings. The number of aryl methyl sites for hydroxylation is 1. The number of rotatable bonds is 3. The standard InChI is InChI=1S/C24H27ClN2O2/c1-15-4-9-21-20(14-15)23(29)27(3)24(21)12-10-17(11-13-24)16(2)22(28)26-19-7-5-18(25)6-8-19/h4-9,14,16-17H,10-13H2,1-3H3,(H,26,28). The molecule has 0 radical (unpaired) electrons. The summed E-state index contributed by atoms with van der Waals surface area (Å²) in [6.07, 6.45) is 3.66. The molecule has 2 aliphatic rings. The number of hydrogen-bond donors (Lipinski definition) is 1. The average molecular weight is 411 g/mol. The van der Waals surface area contributed by atoms with Crippen LogP contribution in [0.5, 0.6) is 0 Å². The van der Waals surface area contributed by atoms with Crippen molar-refractivity contribution >= 4 is 29.1 Å². The quantitative estimate of drug-likeness (QED) is 0.736. The summed E-state index contributed by atoms with van der Waals surface area (Å²) in [7, 11) is 1.93. The van der Waals surface area contributed by atoms with E-state index in [-0.39, 0.29) is 23.3 Å². The molecule has 0 bridgehead atoms. The van der Waals surface area contributed by atoms with Gasteiger partial charge in [-0.25, -0.2) is 0 Å². The summed E-state index contributed by atoms with van der Waals surface area (Å²) in [5.41, 5.74) is 3.67. The maximum absolute atomic E-state index is 12.8. The zero-order chi connectivity index (χ0) is 20.8. The lowest BCUT2D eigenvalue weighted by Crippen LogP contribution is -2.45. The summed E-state index contributed by atoms with van der Waals surface area (Å²) in [5.74, 6) is 0.393. The van der Waals surface area contributed by atoms with Crippen molar-refractivity contribution in [2.45, 2.75) is 45.1 Å². The number of anilines is 1. The maximum atomic E-state index is 12.8. The van der Waals surface area contributed by atoms with Crippen LogP contribution in [0.15, 0.2) is 42.5 Å². The minimum atomic E-state index is -0.219. The van der Waals surface area contributed by atoms with Crippen molar-refractivity contribution in [3.8, 4) is 0 Å². The van der Waals surface area contributed by atoms with Crippen molar-refractivity contribution in [2.24, 2.45) is 11.8 Å². The van der Waals surface area contributed by atoms with Crippen molar-refractivity contribution < 1.29 is 9.59 Å². The molecular weight excluding hydrogens is 384 g/mol. The number of hydrogen-bond acceptors (Lipinski definition) is 2. The van der Waals surface area contributed by atoms with Crippen LogP contribution in [0.2, 0.25) is 5.02 Å². The summed E-state index contributed by atoms with van der Waals surface area (Å²) in [4.78, 5) is 27.5. The van der Waals surface area contributed by atoms with E-state index in [1.54, 1.807) is 12.1 Å². The number of fused-ring (bicyclic) bond motifs is 2. The molecule has 1 heterocycles. The van der Waals surface area contributed by atoms with Crippen molar-refractivity contribution in [2.75, 3.05) is 12.4 Å². The molecule has 29 heavy (non-hydrogen) atoms. The Balaban J connectivity index is 1.46. The summed E-state index contributed by atoms with van der Waals surface area (Å²) >= 11 is 5.92. The van der Waals surface area contributed by atoms with Gasteiger partial charge in [-0.15, -0.1) is 0 Å². The molecular formula is C24H27ClN2O2. The van der Waals surface area contributed by atoms with Crippen molar-refractivity contribution in [1.82, 2.24) is 4.90 Å². The van der Waals surface area contributed by atoms with E-state index in [9.17, 15) is 9.59 Å². The lowest BCUT2D eigenvalue weighted by Gasteiger charge is -2.43. The third-order valence-electron chi connectivity index (χ3n) is 6.94. The molecule has 5 heteroatoms. The lowest BCUT2D eigenvalue weighted by molar-refractivity contribution is -0.121. The van der Waals surface area contributed by atoms with Crippen molar-refractivity contribution in [3.63, 3.8) is 0 Å². The predicted molar refractivity (Wildman–Crippen MR) is 116 cm³/mol. The molecule has 1 spiro atoms. The van der Waals surface area contributed by atoms with Gasteiger partial charge >= 0.3 is 0 Å². The molecule has 1 saturated carbocycles. The monoisotopic (exact) mass is 410 g/mol. The van der Waals surface area contributed by atoms with E-state index in [0.29, 0.717) is 10.9 Å². The minimum absolute atomic E-state index is 0.0418. The van der Waals surface area contributed by atoms with Crippen molar-refractivity contribution in [1.29, 1.82) is 0 Å². The van der Waals surface area contributed by atoms with E-state index >= 15 is 0 Å². The van der Waals surface area contributed by atoms with Gasteiger partial charge in [-0.2, -0.15) is 0 Å². The third-order valence-corrected chi connectivity index (χ3v) is 7.20. The highest BCUT2D eigenvalue weighted by molar-refractivity contribution is 6.30. The smallest absolute Gasteiger partial charge is 0.254 e. The molecule has 1 atom stereocenters. The predicted octanol–water partition coefficient (Wildman–Crippen LogP) is 5.39. The second-order valence-corrected chi connectivity index (χ2v) is 9.00. The maximum Gasteiger partial charge on any atom is 0.254 e. The van der Waals surface area contributed by atoms with Crippen LogP contribution in [-0.4, -0.2) is 23.8 Å². The van der Waals surface area contributed by atoms with Crippen LogP contribution in [-0.2, 0) is 10.3 Å². The van der Waals surface area contributed by atoms with Crippen LogP contribution in [0.25, 0.3) is 0 Å². The molecule has 2 amide bonds. The van der Waals surface area contributed by atoms with E-state index in [1.165, 1.54) is 0 Å². The molecule has 0 aromatic heterocycles. The number of nitrogens with one attached hydrogen (secondary N) is 1. The Morgan fingerprint density at radius 2 is 1.83 bits per heavy atom. The zero-order valence-corrected chi connectivity index (χ0v) is 17.9. The Labute approximate surface area is 177 Å². The van der Waals surface area contributed by atoms with Gasteiger partial charge in [-0.1, -0.05) is 36.2 Å². The molecule has 4 nitrogen and oxygen atoms in total. The number of nitrogens with zero attached hydrogens (tertiary/aromatic N) is 1. The van der Waals surface area contributed by atoms with Gasteiger partial charge in [0.15, 0.2) is 0 Å². The number of carbonyl (C=O) groups excluding carboxylic acids is 2. The number of amides is 2. The Morgan fingerprint density at radius 1 is 1.17 bits per heavy atom. The Bertz CT molecular complexity index is 946. The van der Waals surface area contributed by atoms with Gasteiger partial charge in [0.2, 0.25) is 5.91 Å². The molecule has 1 unspecified atom stereocenters. The second kappa shape index (κ2) is 7.49. The van der Waals surface area contributed by atoms with Gasteiger partial charge in [-0.05, 0) is 74.4 Å². The van der Waals surface area contributed by atoms with Crippen LogP contribution < -0.4 is 5.32 Å². The highest BCUT2D eigenvalue weighted by Gasteiger charge is 2.50. The minimum Gasteiger partial charge on any atom is -0.332 e. The third kappa shape index (κ3) is 3.44. The fraction of sp³-hybridized carbons (Fsp3) is 0.417. The van der Waals surface area contributed by atoms with E-state index in [0.717, 1.165) is 48.1 Å². The van der Waals surface area contributed by atoms with Gasteiger partial charge in [0.1, 0.15) is 0 Å². The van der Waals surface area contributed by atoms with Gasteiger partial charge in [0.25, 0.3) is 5.91 Å². The van der Waals surface area contributed by atoms with Gasteiger partial charge in [0, 0.05) is 29.2 Å². The number of benzene rings is 2. The molecule has 1 aliphatic carbocycles. The van der Waals surface area contributed by atoms with E-state index in [4.69, 9.17) is 11.6 Å². The highest BCUT2D eigenvalue weighted by atomic mass is 35.5. The van der Waals surface area contributed by atoms with Crippen molar-refractivity contribution in [3.05, 3.63) is 64.2 Å². The van der Waals surface area contributed by atoms with E-state index in [2.05, 4.69) is 17.4 Å². The fourth-order valence-corrected chi connectivity index (χ4v) is 5.15. The molecule has 1 aliphatic heterocycles. The summed E-state index contributed by atoms with van der Waals surface area (Å²) in [6, 6.07) is 13.4. The van der Waals surface area contributed by atoms with E-state index < -0.39 is 0 Å². The van der Waals surface area contributed by atoms with Crippen LogP contribution >= 0.6 is 11.6 Å². The zero-order valence-electron chi connectivity index (χ0n) is 17.2. The summed E-state index contributed by atoms with van der Waals surface area (Å²) in [5, 5.41) is 3.65. The fourth-order valence-electron chi connectivity index (χ4n) is 5.02. The molecule has 1 fully saturated rings. The lowest BCUT2D eigenvalue weighted by atomic mass is 9.69. The van der Waals surface area contributed by atoms with Gasteiger partial charge < -0.3 is 10.2 Å². The first-order valence-corrected chi connectivity index (χ1v) is 10.7. The molecule has 1 N–H and O–H groups in total. The Morgan fingerprint density at radius 3 is 2.48 bits per heavy atom. The van der Waals surface area contributed by atoms with Gasteiger partial charge in [0.05, 0.1) is 5.54 Å². The Kier molecular flexibility index (Phi) is 5.16. The summed E-state index contributed by atoms with van der Waals surface area (Å²) < 4.78 is 0. The Hall–Kier alpha value is -2.33. The molecule has 2 aromatic carbocycles. The first-order valence-electron chi connectivity index (χ1n) is 10.3. The molecule has 4 rings (SSSR count).